The lowest BCUT2D eigenvalue weighted by Gasteiger charge is -2.07. The Kier molecular flexibility index (Phi) is 5.79. The summed E-state index contributed by atoms with van der Waals surface area (Å²) in [4.78, 5) is 0. The van der Waals surface area contributed by atoms with Gasteiger partial charge >= 0.3 is 0 Å². The molecule has 1 rings (SSSR count). The van der Waals surface area contributed by atoms with E-state index in [1.807, 2.05) is 12.1 Å². The molecule has 0 amide bonds. The molecule has 1 aromatic rings. The van der Waals surface area contributed by atoms with Crippen LogP contribution in [0, 0.1) is 0 Å². The first-order valence-corrected chi connectivity index (χ1v) is 6.35. The number of thioether (sulfide) groups is 1. The molecule has 0 aliphatic carbocycles. The molecule has 5 heteroatoms. The summed E-state index contributed by atoms with van der Waals surface area (Å²) in [6.45, 7) is -0.200. The van der Waals surface area contributed by atoms with E-state index < -0.39 is 6.10 Å². The minimum Gasteiger partial charge on any atom is -0.394 e. The molecule has 0 aliphatic rings. The molecule has 0 aliphatic heterocycles. The molecule has 0 fully saturated rings. The molecule has 0 saturated heterocycles. The summed E-state index contributed by atoms with van der Waals surface area (Å²) in [7, 11) is 0. The number of aliphatic hydroxyl groups excluding tert-OH is 2. The lowest BCUT2D eigenvalue weighted by Crippen LogP contribution is -2.14. The van der Waals surface area contributed by atoms with E-state index >= 15 is 0 Å². The van der Waals surface area contributed by atoms with Gasteiger partial charge in [0.2, 0.25) is 0 Å². The van der Waals surface area contributed by atoms with Crippen molar-refractivity contribution in [2.75, 3.05) is 12.4 Å². The highest BCUT2D eigenvalue weighted by atomic mass is 35.5. The van der Waals surface area contributed by atoms with E-state index in [0.29, 0.717) is 15.8 Å². The van der Waals surface area contributed by atoms with Crippen molar-refractivity contribution in [2.24, 2.45) is 0 Å². The average molecular weight is 267 g/mol. The Morgan fingerprint density at radius 3 is 2.60 bits per heavy atom. The van der Waals surface area contributed by atoms with Crippen molar-refractivity contribution in [1.82, 2.24) is 0 Å². The fourth-order valence-corrected chi connectivity index (χ4v) is 2.23. The Hall–Kier alpha value is 0.0700. The molecular weight excluding hydrogens is 255 g/mol. The third kappa shape index (κ3) is 4.62. The van der Waals surface area contributed by atoms with Crippen LogP contribution in [0.15, 0.2) is 18.2 Å². The maximum Gasteiger partial charge on any atom is 0.0861 e. The molecular formula is C10H12Cl2O2S. The van der Waals surface area contributed by atoms with E-state index in [0.717, 1.165) is 11.3 Å². The Labute approximate surface area is 103 Å². The quantitative estimate of drug-likeness (QED) is 0.861. The van der Waals surface area contributed by atoms with E-state index in [4.69, 9.17) is 33.4 Å². The van der Waals surface area contributed by atoms with Gasteiger partial charge in [-0.25, -0.2) is 0 Å². The molecule has 0 aromatic heterocycles. The van der Waals surface area contributed by atoms with Crippen LogP contribution >= 0.6 is 35.0 Å². The van der Waals surface area contributed by atoms with Crippen LogP contribution in [0.5, 0.6) is 0 Å². The molecule has 1 atom stereocenters. The standard InChI is InChI=1S/C10H12Cl2O2S/c11-9-2-1-7(3-10(9)12)5-15-6-8(14)4-13/h1-3,8,13-14H,4-6H2/t8-/m1/s1. The van der Waals surface area contributed by atoms with Gasteiger partial charge in [0, 0.05) is 11.5 Å². The molecule has 0 bridgehead atoms. The molecule has 84 valence electrons. The first kappa shape index (κ1) is 13.1. The van der Waals surface area contributed by atoms with Gasteiger partial charge in [0.15, 0.2) is 0 Å². The van der Waals surface area contributed by atoms with E-state index in [2.05, 4.69) is 0 Å². The molecule has 15 heavy (non-hydrogen) atoms. The van der Waals surface area contributed by atoms with Crippen molar-refractivity contribution in [3.63, 3.8) is 0 Å². The normalized spacial score (nSPS) is 12.8. The van der Waals surface area contributed by atoms with Gasteiger partial charge in [0.25, 0.3) is 0 Å². The zero-order valence-electron chi connectivity index (χ0n) is 7.99. The Bertz CT molecular complexity index is 320. The third-order valence-electron chi connectivity index (χ3n) is 1.77. The molecule has 0 spiro atoms. The maximum absolute atomic E-state index is 9.12. The van der Waals surface area contributed by atoms with Gasteiger partial charge in [0.05, 0.1) is 22.8 Å². The Morgan fingerprint density at radius 1 is 1.27 bits per heavy atom. The van der Waals surface area contributed by atoms with Gasteiger partial charge in [0.1, 0.15) is 0 Å². The molecule has 0 unspecified atom stereocenters. The highest BCUT2D eigenvalue weighted by molar-refractivity contribution is 7.98. The average Bonchev–Trinajstić information content (AvgIpc) is 2.23. The lowest BCUT2D eigenvalue weighted by atomic mass is 10.2. The lowest BCUT2D eigenvalue weighted by molar-refractivity contribution is 0.113. The number of hydrogen-bond acceptors (Lipinski definition) is 3. The Morgan fingerprint density at radius 2 is 2.00 bits per heavy atom. The summed E-state index contributed by atoms with van der Waals surface area (Å²) in [6.07, 6.45) is -0.655. The fraction of sp³-hybridized carbons (Fsp3) is 0.400. The van der Waals surface area contributed by atoms with Crippen LogP contribution in [0.2, 0.25) is 10.0 Å². The van der Waals surface area contributed by atoms with Gasteiger partial charge < -0.3 is 10.2 Å². The fourth-order valence-electron chi connectivity index (χ4n) is 0.995. The summed E-state index contributed by atoms with van der Waals surface area (Å²) >= 11 is 13.2. The van der Waals surface area contributed by atoms with Crippen molar-refractivity contribution < 1.29 is 10.2 Å². The molecule has 0 saturated carbocycles. The van der Waals surface area contributed by atoms with Gasteiger partial charge in [-0.05, 0) is 17.7 Å². The maximum atomic E-state index is 9.12. The van der Waals surface area contributed by atoms with E-state index in [9.17, 15) is 0 Å². The second-order valence-electron chi connectivity index (χ2n) is 3.10. The predicted molar refractivity (Wildman–Crippen MR) is 65.7 cm³/mol. The number of benzene rings is 1. The first-order chi connectivity index (χ1) is 7.13. The smallest absolute Gasteiger partial charge is 0.0861 e. The zero-order chi connectivity index (χ0) is 11.3. The summed E-state index contributed by atoms with van der Waals surface area (Å²) in [5.41, 5.74) is 1.06. The highest BCUT2D eigenvalue weighted by Gasteiger charge is 2.03. The largest absolute Gasteiger partial charge is 0.394 e. The van der Waals surface area contributed by atoms with Crippen LogP contribution < -0.4 is 0 Å². The van der Waals surface area contributed by atoms with E-state index in [1.165, 1.54) is 0 Å². The van der Waals surface area contributed by atoms with Crippen LogP contribution in [0.1, 0.15) is 5.56 Å². The van der Waals surface area contributed by atoms with Crippen LogP contribution in [0.3, 0.4) is 0 Å². The third-order valence-corrected chi connectivity index (χ3v) is 3.67. The number of hydrogen-bond donors (Lipinski definition) is 2. The number of rotatable bonds is 5. The van der Waals surface area contributed by atoms with E-state index in [1.54, 1.807) is 17.8 Å². The van der Waals surface area contributed by atoms with Crippen LogP contribution in [-0.4, -0.2) is 28.7 Å². The van der Waals surface area contributed by atoms with Crippen LogP contribution in [0.4, 0.5) is 0 Å². The van der Waals surface area contributed by atoms with Gasteiger partial charge in [-0.15, -0.1) is 0 Å². The summed E-state index contributed by atoms with van der Waals surface area (Å²) < 4.78 is 0. The molecule has 0 radical (unpaired) electrons. The van der Waals surface area contributed by atoms with Gasteiger partial charge in [-0.2, -0.15) is 11.8 Å². The second-order valence-corrected chi connectivity index (χ2v) is 4.94. The SMILES string of the molecule is OC[C@@H](O)CSCc1ccc(Cl)c(Cl)c1. The van der Waals surface area contributed by atoms with Crippen molar-refractivity contribution in [2.45, 2.75) is 11.9 Å². The monoisotopic (exact) mass is 266 g/mol. The van der Waals surface area contributed by atoms with Crippen molar-refractivity contribution in [3.05, 3.63) is 33.8 Å². The van der Waals surface area contributed by atoms with Crippen LogP contribution in [0.25, 0.3) is 0 Å². The van der Waals surface area contributed by atoms with E-state index in [-0.39, 0.29) is 6.61 Å². The van der Waals surface area contributed by atoms with Gasteiger partial charge in [-0.1, -0.05) is 29.3 Å². The van der Waals surface area contributed by atoms with Crippen molar-refractivity contribution >= 4 is 35.0 Å². The molecule has 1 aromatic carbocycles. The minimum absolute atomic E-state index is 0.200. The number of aliphatic hydroxyl groups is 2. The zero-order valence-corrected chi connectivity index (χ0v) is 10.3. The van der Waals surface area contributed by atoms with Crippen molar-refractivity contribution in [3.8, 4) is 0 Å². The summed E-state index contributed by atoms with van der Waals surface area (Å²) in [5.74, 6) is 1.25. The van der Waals surface area contributed by atoms with Crippen molar-refractivity contribution in [1.29, 1.82) is 0 Å². The van der Waals surface area contributed by atoms with Gasteiger partial charge in [-0.3, -0.25) is 0 Å². The summed E-state index contributed by atoms with van der Waals surface area (Å²) in [5, 5.41) is 18.8. The van der Waals surface area contributed by atoms with Crippen LogP contribution in [-0.2, 0) is 5.75 Å². The predicted octanol–water partition coefficient (Wildman–Crippen LogP) is 2.58. The number of halogens is 2. The minimum atomic E-state index is -0.655. The Balaban J connectivity index is 2.41. The second kappa shape index (κ2) is 6.61. The highest BCUT2D eigenvalue weighted by Crippen LogP contribution is 2.24. The summed E-state index contributed by atoms with van der Waals surface area (Å²) in [6, 6.07) is 5.46. The molecule has 2 N–H and O–H groups in total. The molecule has 2 nitrogen and oxygen atoms in total. The first-order valence-electron chi connectivity index (χ1n) is 4.44. The molecule has 0 heterocycles. The topological polar surface area (TPSA) is 40.5 Å².